The molecule has 0 spiro atoms. The molecule has 1 N–H and O–H groups in total. The van der Waals surface area contributed by atoms with Crippen LogP contribution in [0.25, 0.3) is 5.57 Å². The Morgan fingerprint density at radius 3 is 2.74 bits per heavy atom. The molecule has 0 fully saturated rings. The first-order valence-corrected chi connectivity index (χ1v) is 7.78. The van der Waals surface area contributed by atoms with Crippen LogP contribution < -0.4 is 4.74 Å². The summed E-state index contributed by atoms with van der Waals surface area (Å²) in [7, 11) is 1.71. The highest BCUT2D eigenvalue weighted by atomic mass is 16.5. The Morgan fingerprint density at radius 2 is 2.00 bits per heavy atom. The fourth-order valence-electron chi connectivity index (χ4n) is 3.27. The molecule has 4 rings (SSSR count). The minimum Gasteiger partial charge on any atom is -0.497 e. The molecule has 1 aliphatic rings. The standard InChI is InChI=1S/C20H18N2O/c1-23-17-7-8-18-19(14-5-3-2-4-6-14)10-15(20(18)11-17)9-16-12-21-13-22-16/h2-8,10-13,15H,9H2,1H3,(H,21,22). The lowest BCUT2D eigenvalue weighted by Crippen LogP contribution is -1.99. The van der Waals surface area contributed by atoms with Crippen LogP contribution in [0.5, 0.6) is 5.75 Å². The lowest BCUT2D eigenvalue weighted by atomic mass is 9.95. The van der Waals surface area contributed by atoms with Crippen LogP contribution in [0.15, 0.2) is 67.1 Å². The summed E-state index contributed by atoms with van der Waals surface area (Å²) in [6.45, 7) is 0. The number of fused-ring (bicyclic) bond motifs is 1. The number of rotatable bonds is 4. The number of methoxy groups -OCH3 is 1. The van der Waals surface area contributed by atoms with Crippen molar-refractivity contribution < 1.29 is 4.74 Å². The van der Waals surface area contributed by atoms with E-state index in [-0.39, 0.29) is 0 Å². The number of allylic oxidation sites excluding steroid dienone is 1. The summed E-state index contributed by atoms with van der Waals surface area (Å²) in [5.74, 6) is 1.23. The van der Waals surface area contributed by atoms with Crippen LogP contribution in [0.3, 0.4) is 0 Å². The molecule has 1 aliphatic carbocycles. The van der Waals surface area contributed by atoms with Crippen molar-refractivity contribution in [3.63, 3.8) is 0 Å². The molecule has 23 heavy (non-hydrogen) atoms. The normalized spacial score (nSPS) is 16.0. The largest absolute Gasteiger partial charge is 0.497 e. The molecule has 1 heterocycles. The maximum absolute atomic E-state index is 5.42. The number of aromatic nitrogens is 2. The fourth-order valence-corrected chi connectivity index (χ4v) is 3.27. The summed E-state index contributed by atoms with van der Waals surface area (Å²) in [6.07, 6.45) is 6.91. The van der Waals surface area contributed by atoms with E-state index in [0.717, 1.165) is 17.9 Å². The second-order valence-corrected chi connectivity index (χ2v) is 5.79. The van der Waals surface area contributed by atoms with Gasteiger partial charge < -0.3 is 9.72 Å². The van der Waals surface area contributed by atoms with Crippen molar-refractivity contribution >= 4 is 5.57 Å². The summed E-state index contributed by atoms with van der Waals surface area (Å²) >= 11 is 0. The van der Waals surface area contributed by atoms with Crippen LogP contribution in [-0.4, -0.2) is 17.1 Å². The van der Waals surface area contributed by atoms with Crippen LogP contribution in [0.2, 0.25) is 0 Å². The van der Waals surface area contributed by atoms with Crippen molar-refractivity contribution in [2.24, 2.45) is 0 Å². The fraction of sp³-hybridized carbons (Fsp3) is 0.150. The molecule has 0 amide bonds. The average molecular weight is 302 g/mol. The van der Waals surface area contributed by atoms with Gasteiger partial charge >= 0.3 is 0 Å². The Balaban J connectivity index is 1.79. The summed E-state index contributed by atoms with van der Waals surface area (Å²) < 4.78 is 5.42. The molecule has 0 saturated heterocycles. The van der Waals surface area contributed by atoms with Crippen LogP contribution in [0.4, 0.5) is 0 Å². The van der Waals surface area contributed by atoms with Gasteiger partial charge in [0.1, 0.15) is 5.75 Å². The number of nitrogens with one attached hydrogen (secondary N) is 1. The average Bonchev–Trinajstić information content (AvgIpc) is 3.24. The van der Waals surface area contributed by atoms with Gasteiger partial charge in [0.2, 0.25) is 0 Å². The number of imidazole rings is 1. The van der Waals surface area contributed by atoms with Crippen LogP contribution in [-0.2, 0) is 6.42 Å². The third kappa shape index (κ3) is 2.55. The molecule has 0 saturated carbocycles. The quantitative estimate of drug-likeness (QED) is 0.784. The maximum atomic E-state index is 5.42. The Bertz CT molecular complexity index is 835. The summed E-state index contributed by atoms with van der Waals surface area (Å²) in [6, 6.07) is 16.9. The number of nitrogens with zero attached hydrogens (tertiary/aromatic N) is 1. The molecule has 1 aromatic heterocycles. The molecular weight excluding hydrogens is 284 g/mol. The van der Waals surface area contributed by atoms with E-state index in [4.69, 9.17) is 4.74 Å². The predicted octanol–water partition coefficient (Wildman–Crippen LogP) is 4.19. The van der Waals surface area contributed by atoms with Gasteiger partial charge in [0.05, 0.1) is 13.4 Å². The zero-order valence-corrected chi connectivity index (χ0v) is 13.0. The van der Waals surface area contributed by atoms with Crippen molar-refractivity contribution in [3.8, 4) is 5.75 Å². The summed E-state index contributed by atoms with van der Waals surface area (Å²) in [4.78, 5) is 7.34. The topological polar surface area (TPSA) is 37.9 Å². The van der Waals surface area contributed by atoms with Crippen LogP contribution in [0.1, 0.15) is 28.3 Å². The molecule has 3 heteroatoms. The van der Waals surface area contributed by atoms with Crippen molar-refractivity contribution in [3.05, 3.63) is 89.5 Å². The zero-order valence-electron chi connectivity index (χ0n) is 13.0. The second-order valence-electron chi connectivity index (χ2n) is 5.79. The molecule has 3 aromatic rings. The summed E-state index contributed by atoms with van der Waals surface area (Å²) in [5.41, 5.74) is 6.31. The predicted molar refractivity (Wildman–Crippen MR) is 91.5 cm³/mol. The van der Waals surface area contributed by atoms with Gasteiger partial charge in [-0.1, -0.05) is 42.5 Å². The summed E-state index contributed by atoms with van der Waals surface area (Å²) in [5, 5.41) is 0. The SMILES string of the molecule is COc1ccc2c(c1)C(Cc1cnc[nH]1)C=C2c1ccccc1. The first-order chi connectivity index (χ1) is 11.3. The molecular formula is C20H18N2O. The molecule has 0 radical (unpaired) electrons. The Kier molecular flexibility index (Phi) is 3.46. The molecule has 1 unspecified atom stereocenters. The van der Waals surface area contributed by atoms with Gasteiger partial charge in [-0.2, -0.15) is 0 Å². The van der Waals surface area contributed by atoms with Crippen LogP contribution >= 0.6 is 0 Å². The van der Waals surface area contributed by atoms with E-state index in [1.54, 1.807) is 13.4 Å². The van der Waals surface area contributed by atoms with E-state index in [1.807, 2.05) is 12.3 Å². The van der Waals surface area contributed by atoms with E-state index >= 15 is 0 Å². The lowest BCUT2D eigenvalue weighted by molar-refractivity contribution is 0.414. The van der Waals surface area contributed by atoms with E-state index < -0.39 is 0 Å². The molecule has 114 valence electrons. The third-order valence-electron chi connectivity index (χ3n) is 4.40. The number of H-pyrrole nitrogens is 1. The van der Waals surface area contributed by atoms with Gasteiger partial charge in [0, 0.05) is 17.8 Å². The van der Waals surface area contributed by atoms with Crippen molar-refractivity contribution in [2.45, 2.75) is 12.3 Å². The monoisotopic (exact) mass is 302 g/mol. The second kappa shape index (κ2) is 5.76. The Labute approximate surface area is 135 Å². The maximum Gasteiger partial charge on any atom is 0.119 e. The first-order valence-electron chi connectivity index (χ1n) is 7.78. The van der Waals surface area contributed by atoms with Crippen LogP contribution in [0, 0.1) is 0 Å². The Morgan fingerprint density at radius 1 is 1.13 bits per heavy atom. The lowest BCUT2D eigenvalue weighted by Gasteiger charge is -2.11. The van der Waals surface area contributed by atoms with Gasteiger partial charge in [-0.05, 0) is 40.8 Å². The van der Waals surface area contributed by atoms with Crippen molar-refractivity contribution in [1.29, 1.82) is 0 Å². The van der Waals surface area contributed by atoms with Gasteiger partial charge in [0.15, 0.2) is 0 Å². The zero-order chi connectivity index (χ0) is 15.6. The molecule has 0 bridgehead atoms. The van der Waals surface area contributed by atoms with Crippen molar-refractivity contribution in [1.82, 2.24) is 9.97 Å². The number of hydrogen-bond donors (Lipinski definition) is 1. The molecule has 2 aromatic carbocycles. The molecule has 0 aliphatic heterocycles. The number of benzene rings is 2. The highest BCUT2D eigenvalue weighted by molar-refractivity contribution is 5.86. The third-order valence-corrected chi connectivity index (χ3v) is 4.40. The van der Waals surface area contributed by atoms with Gasteiger partial charge in [-0.15, -0.1) is 0 Å². The molecule has 1 atom stereocenters. The minimum atomic E-state index is 0.329. The number of aromatic amines is 1. The highest BCUT2D eigenvalue weighted by Gasteiger charge is 2.25. The Hall–Kier alpha value is -2.81. The van der Waals surface area contributed by atoms with Gasteiger partial charge in [-0.3, -0.25) is 0 Å². The first kappa shape index (κ1) is 13.8. The van der Waals surface area contributed by atoms with Gasteiger partial charge in [0.25, 0.3) is 0 Å². The highest BCUT2D eigenvalue weighted by Crippen LogP contribution is 2.42. The van der Waals surface area contributed by atoms with Crippen molar-refractivity contribution in [2.75, 3.05) is 7.11 Å². The van der Waals surface area contributed by atoms with E-state index in [1.165, 1.54) is 22.3 Å². The van der Waals surface area contributed by atoms with E-state index in [9.17, 15) is 0 Å². The van der Waals surface area contributed by atoms with E-state index in [2.05, 4.69) is 58.5 Å². The number of hydrogen-bond acceptors (Lipinski definition) is 2. The van der Waals surface area contributed by atoms with Gasteiger partial charge in [-0.25, -0.2) is 4.98 Å². The minimum absolute atomic E-state index is 0.329. The smallest absolute Gasteiger partial charge is 0.119 e. The number of ether oxygens (including phenoxy) is 1. The van der Waals surface area contributed by atoms with E-state index in [0.29, 0.717) is 5.92 Å². The molecule has 3 nitrogen and oxygen atoms in total.